The van der Waals surface area contributed by atoms with E-state index in [2.05, 4.69) is 15.4 Å². The zero-order valence-corrected chi connectivity index (χ0v) is 13.4. The SMILES string of the molecule is Cc1cc(C(=O)NCC[C@@](O)(c2nccn2C)C(F)(F)F)n(C)n1. The van der Waals surface area contributed by atoms with Crippen LogP contribution in [0, 0.1) is 6.92 Å². The van der Waals surface area contributed by atoms with Gasteiger partial charge in [0.25, 0.3) is 5.91 Å². The summed E-state index contributed by atoms with van der Waals surface area (Å²) in [5.41, 5.74) is -2.32. The third-order valence-electron chi connectivity index (χ3n) is 3.67. The van der Waals surface area contributed by atoms with Crippen LogP contribution in [0.5, 0.6) is 0 Å². The minimum atomic E-state index is -4.93. The molecule has 0 bridgehead atoms. The summed E-state index contributed by atoms with van der Waals surface area (Å²) in [5, 5.41) is 16.5. The van der Waals surface area contributed by atoms with E-state index in [1.165, 1.54) is 30.2 Å². The molecule has 0 aliphatic rings. The fourth-order valence-corrected chi connectivity index (χ4v) is 2.42. The van der Waals surface area contributed by atoms with Gasteiger partial charge in [-0.1, -0.05) is 0 Å². The minimum Gasteiger partial charge on any atom is -0.374 e. The highest BCUT2D eigenvalue weighted by Crippen LogP contribution is 2.40. The Hall–Kier alpha value is -2.36. The lowest BCUT2D eigenvalue weighted by Crippen LogP contribution is -2.46. The molecule has 0 saturated carbocycles. The van der Waals surface area contributed by atoms with E-state index >= 15 is 0 Å². The van der Waals surface area contributed by atoms with Crippen LogP contribution >= 0.6 is 0 Å². The molecular formula is C14H18F3N5O2. The van der Waals surface area contributed by atoms with Crippen LogP contribution in [0.1, 0.15) is 28.4 Å². The van der Waals surface area contributed by atoms with Gasteiger partial charge in [-0.2, -0.15) is 18.3 Å². The number of alkyl halides is 3. The predicted octanol–water partition coefficient (Wildman–Crippen LogP) is 1.03. The van der Waals surface area contributed by atoms with E-state index in [4.69, 9.17) is 0 Å². The molecule has 1 atom stereocenters. The van der Waals surface area contributed by atoms with Crippen molar-refractivity contribution in [3.63, 3.8) is 0 Å². The predicted molar refractivity (Wildman–Crippen MR) is 78.1 cm³/mol. The highest BCUT2D eigenvalue weighted by atomic mass is 19.4. The van der Waals surface area contributed by atoms with Gasteiger partial charge in [-0.25, -0.2) is 4.98 Å². The lowest BCUT2D eigenvalue weighted by atomic mass is 9.97. The fourth-order valence-electron chi connectivity index (χ4n) is 2.42. The Morgan fingerprint density at radius 3 is 2.50 bits per heavy atom. The van der Waals surface area contributed by atoms with Crippen LogP contribution in [0.3, 0.4) is 0 Å². The van der Waals surface area contributed by atoms with E-state index in [1.54, 1.807) is 14.0 Å². The smallest absolute Gasteiger partial charge is 0.374 e. The molecule has 0 aliphatic heterocycles. The third kappa shape index (κ3) is 3.28. The molecule has 2 N–H and O–H groups in total. The number of hydrogen-bond donors (Lipinski definition) is 2. The van der Waals surface area contributed by atoms with E-state index in [-0.39, 0.29) is 12.2 Å². The quantitative estimate of drug-likeness (QED) is 0.848. The first kappa shape index (κ1) is 18.0. The Balaban J connectivity index is 2.11. The Labute approximate surface area is 136 Å². The van der Waals surface area contributed by atoms with E-state index in [1.807, 2.05) is 0 Å². The molecule has 0 aromatic carbocycles. The number of halogens is 3. The number of aliphatic hydroxyl groups is 1. The summed E-state index contributed by atoms with van der Waals surface area (Å²) in [5.74, 6) is -1.09. The van der Waals surface area contributed by atoms with E-state index in [9.17, 15) is 23.1 Å². The van der Waals surface area contributed by atoms with E-state index in [0.717, 1.165) is 4.57 Å². The van der Waals surface area contributed by atoms with Crippen LogP contribution in [-0.2, 0) is 19.7 Å². The largest absolute Gasteiger partial charge is 0.424 e. The van der Waals surface area contributed by atoms with Gasteiger partial charge in [0.2, 0.25) is 5.60 Å². The number of amides is 1. The molecule has 10 heteroatoms. The number of carbonyl (C=O) groups is 1. The van der Waals surface area contributed by atoms with Crippen LogP contribution in [0.4, 0.5) is 13.2 Å². The molecule has 7 nitrogen and oxygen atoms in total. The summed E-state index contributed by atoms with van der Waals surface area (Å²) in [6.07, 6.45) is -3.21. The monoisotopic (exact) mass is 345 g/mol. The summed E-state index contributed by atoms with van der Waals surface area (Å²) in [7, 11) is 2.91. The van der Waals surface area contributed by atoms with Gasteiger partial charge in [0.15, 0.2) is 0 Å². The summed E-state index contributed by atoms with van der Waals surface area (Å²) in [6, 6.07) is 1.52. The molecule has 24 heavy (non-hydrogen) atoms. The normalized spacial score (nSPS) is 14.5. The van der Waals surface area contributed by atoms with Crippen molar-refractivity contribution in [2.24, 2.45) is 14.1 Å². The molecule has 2 aromatic heterocycles. The van der Waals surface area contributed by atoms with E-state index < -0.39 is 29.9 Å². The van der Waals surface area contributed by atoms with Gasteiger partial charge >= 0.3 is 6.18 Å². The zero-order chi connectivity index (χ0) is 18.1. The fraction of sp³-hybridized carbons (Fsp3) is 0.500. The second kappa shape index (κ2) is 6.27. The number of carbonyl (C=O) groups excluding carboxylic acids is 1. The molecule has 2 rings (SSSR count). The van der Waals surface area contributed by atoms with Crippen molar-refractivity contribution in [3.8, 4) is 0 Å². The van der Waals surface area contributed by atoms with Crippen molar-refractivity contribution in [2.75, 3.05) is 6.54 Å². The Morgan fingerprint density at radius 1 is 1.38 bits per heavy atom. The van der Waals surface area contributed by atoms with E-state index in [0.29, 0.717) is 5.69 Å². The van der Waals surface area contributed by atoms with Crippen LogP contribution < -0.4 is 5.32 Å². The third-order valence-corrected chi connectivity index (χ3v) is 3.67. The topological polar surface area (TPSA) is 85.0 Å². The number of aryl methyl sites for hydroxylation is 3. The maximum Gasteiger partial charge on any atom is 0.424 e. The highest BCUT2D eigenvalue weighted by molar-refractivity contribution is 5.92. The average molecular weight is 345 g/mol. The molecule has 1 amide bonds. The molecule has 0 saturated heterocycles. The molecule has 0 unspecified atom stereocenters. The summed E-state index contributed by atoms with van der Waals surface area (Å²) < 4.78 is 42.4. The number of aromatic nitrogens is 4. The first-order valence-electron chi connectivity index (χ1n) is 7.12. The Bertz CT molecular complexity index is 737. The molecule has 0 aliphatic carbocycles. The first-order chi connectivity index (χ1) is 11.1. The second-order valence-electron chi connectivity index (χ2n) is 5.52. The standard InChI is InChI=1S/C14H18F3N5O2/c1-9-8-10(22(3)20-9)11(23)18-5-4-13(24,14(15,16)17)12-19-6-7-21(12)2/h6-8,24H,4-5H2,1-3H3,(H,18,23)/t13-/m1/s1. The number of imidazole rings is 1. The van der Waals surface area contributed by atoms with Crippen LogP contribution in [0.25, 0.3) is 0 Å². The molecule has 132 valence electrons. The van der Waals surface area contributed by atoms with Crippen LogP contribution in [-0.4, -0.2) is 43.1 Å². The number of rotatable bonds is 5. The van der Waals surface area contributed by atoms with Crippen molar-refractivity contribution in [3.05, 3.63) is 35.7 Å². The zero-order valence-electron chi connectivity index (χ0n) is 13.4. The minimum absolute atomic E-state index is 0.222. The highest BCUT2D eigenvalue weighted by Gasteiger charge is 2.57. The van der Waals surface area contributed by atoms with Gasteiger partial charge in [-0.15, -0.1) is 0 Å². The molecule has 0 spiro atoms. The lowest BCUT2D eigenvalue weighted by Gasteiger charge is -2.29. The van der Waals surface area contributed by atoms with Crippen molar-refractivity contribution in [1.82, 2.24) is 24.6 Å². The van der Waals surface area contributed by atoms with Crippen molar-refractivity contribution in [2.45, 2.75) is 25.1 Å². The van der Waals surface area contributed by atoms with Crippen molar-refractivity contribution < 1.29 is 23.1 Å². The Kier molecular flexibility index (Phi) is 4.70. The maximum absolute atomic E-state index is 13.3. The lowest BCUT2D eigenvalue weighted by molar-refractivity contribution is -0.272. The molecule has 0 radical (unpaired) electrons. The molecule has 2 heterocycles. The summed E-state index contributed by atoms with van der Waals surface area (Å²) in [4.78, 5) is 15.6. The maximum atomic E-state index is 13.3. The van der Waals surface area contributed by atoms with Gasteiger partial charge in [0.1, 0.15) is 11.5 Å². The first-order valence-corrected chi connectivity index (χ1v) is 7.12. The van der Waals surface area contributed by atoms with Gasteiger partial charge in [0, 0.05) is 39.5 Å². The number of hydrogen-bond acceptors (Lipinski definition) is 4. The molecular weight excluding hydrogens is 327 g/mol. The average Bonchev–Trinajstić information content (AvgIpc) is 3.03. The van der Waals surface area contributed by atoms with Crippen molar-refractivity contribution >= 4 is 5.91 Å². The Morgan fingerprint density at radius 2 is 2.04 bits per heavy atom. The van der Waals surface area contributed by atoms with Gasteiger partial charge in [-0.05, 0) is 13.0 Å². The van der Waals surface area contributed by atoms with Crippen molar-refractivity contribution in [1.29, 1.82) is 0 Å². The van der Waals surface area contributed by atoms with Gasteiger partial charge in [0.05, 0.1) is 5.69 Å². The summed E-state index contributed by atoms with van der Waals surface area (Å²) in [6.45, 7) is 1.31. The second-order valence-corrected chi connectivity index (χ2v) is 5.52. The molecule has 0 fully saturated rings. The van der Waals surface area contributed by atoms with Gasteiger partial charge in [-0.3, -0.25) is 9.48 Å². The number of nitrogens with one attached hydrogen (secondary N) is 1. The van der Waals surface area contributed by atoms with Crippen LogP contribution in [0.15, 0.2) is 18.5 Å². The van der Waals surface area contributed by atoms with Gasteiger partial charge < -0.3 is 15.0 Å². The number of nitrogens with zero attached hydrogens (tertiary/aromatic N) is 4. The van der Waals surface area contributed by atoms with Crippen LogP contribution in [0.2, 0.25) is 0 Å². The summed E-state index contributed by atoms with van der Waals surface area (Å²) >= 11 is 0. The molecule has 2 aromatic rings.